The van der Waals surface area contributed by atoms with Gasteiger partial charge in [0.05, 0.1) is 6.20 Å². The van der Waals surface area contributed by atoms with Gasteiger partial charge in [0, 0.05) is 0 Å². The number of hydrogen-bond acceptors (Lipinski definition) is 5. The van der Waals surface area contributed by atoms with Gasteiger partial charge in [0.1, 0.15) is 10.9 Å². The number of rotatable bonds is 4. The van der Waals surface area contributed by atoms with Crippen LogP contribution in [0.2, 0.25) is 0 Å². The third-order valence-electron chi connectivity index (χ3n) is 1.80. The Morgan fingerprint density at radius 1 is 1.53 bits per heavy atom. The van der Waals surface area contributed by atoms with Crippen LogP contribution in [0.1, 0.15) is 23.5 Å². The summed E-state index contributed by atoms with van der Waals surface area (Å²) in [6, 6.07) is -0.889. The van der Waals surface area contributed by atoms with Gasteiger partial charge in [-0.05, 0) is 17.5 Å². The summed E-state index contributed by atoms with van der Waals surface area (Å²) in [6.45, 7) is 3.45. The lowest BCUT2D eigenvalue weighted by atomic mass is 10.0. The zero-order chi connectivity index (χ0) is 11.4. The van der Waals surface area contributed by atoms with Crippen molar-refractivity contribution in [3.63, 3.8) is 0 Å². The molecule has 0 aliphatic carbocycles. The molecule has 1 amide bonds. The Hall–Kier alpha value is -1.50. The van der Waals surface area contributed by atoms with E-state index in [9.17, 15) is 9.59 Å². The van der Waals surface area contributed by atoms with Gasteiger partial charge in [-0.3, -0.25) is 4.79 Å². The molecule has 15 heavy (non-hydrogen) atoms. The van der Waals surface area contributed by atoms with E-state index < -0.39 is 17.9 Å². The molecule has 0 spiro atoms. The number of hydrogen-bond donors (Lipinski definition) is 2. The molecule has 1 heterocycles. The molecule has 0 aromatic carbocycles. The zero-order valence-corrected chi connectivity index (χ0v) is 9.11. The van der Waals surface area contributed by atoms with Gasteiger partial charge < -0.3 is 10.4 Å². The fourth-order valence-electron chi connectivity index (χ4n) is 0.993. The van der Waals surface area contributed by atoms with Crippen LogP contribution in [0.15, 0.2) is 6.20 Å². The number of carboxylic acid groups (broad SMARTS) is 1. The molecular formula is C8H11N3O3S. The summed E-state index contributed by atoms with van der Waals surface area (Å²) in [5.41, 5.74) is 0. The lowest BCUT2D eigenvalue weighted by Crippen LogP contribution is -2.44. The molecule has 1 aromatic rings. The Kier molecular flexibility index (Phi) is 3.73. The molecule has 1 atom stereocenters. The first-order valence-electron chi connectivity index (χ1n) is 4.33. The van der Waals surface area contributed by atoms with Crippen molar-refractivity contribution in [1.82, 2.24) is 14.9 Å². The van der Waals surface area contributed by atoms with E-state index in [4.69, 9.17) is 5.11 Å². The lowest BCUT2D eigenvalue weighted by molar-refractivity contribution is -0.140. The summed E-state index contributed by atoms with van der Waals surface area (Å²) in [5.74, 6) is -1.67. The molecule has 0 unspecified atom stereocenters. The highest BCUT2D eigenvalue weighted by Gasteiger charge is 2.24. The van der Waals surface area contributed by atoms with E-state index in [-0.39, 0.29) is 5.92 Å². The maximum Gasteiger partial charge on any atom is 0.326 e. The normalized spacial score (nSPS) is 12.5. The largest absolute Gasteiger partial charge is 0.480 e. The van der Waals surface area contributed by atoms with Crippen molar-refractivity contribution in [2.45, 2.75) is 19.9 Å². The van der Waals surface area contributed by atoms with Crippen LogP contribution in [0.5, 0.6) is 0 Å². The molecular weight excluding hydrogens is 218 g/mol. The Morgan fingerprint density at radius 3 is 2.60 bits per heavy atom. The minimum atomic E-state index is -1.05. The molecule has 0 aliphatic rings. The number of carbonyl (C=O) groups is 2. The molecule has 0 saturated carbocycles. The van der Waals surface area contributed by atoms with Crippen LogP contribution in [0.25, 0.3) is 0 Å². The second-order valence-electron chi connectivity index (χ2n) is 3.32. The molecule has 7 heteroatoms. The SMILES string of the molecule is CC(C)[C@H](NC(=O)c1cnns1)C(=O)O. The van der Waals surface area contributed by atoms with E-state index in [0.29, 0.717) is 4.88 Å². The average molecular weight is 229 g/mol. The third-order valence-corrected chi connectivity index (χ3v) is 2.47. The molecule has 0 aliphatic heterocycles. The van der Waals surface area contributed by atoms with Crippen molar-refractivity contribution in [2.75, 3.05) is 0 Å². The molecule has 0 bridgehead atoms. The number of aliphatic carboxylic acids is 1. The van der Waals surface area contributed by atoms with Crippen molar-refractivity contribution in [2.24, 2.45) is 5.92 Å². The Bertz CT molecular complexity index is 350. The van der Waals surface area contributed by atoms with E-state index in [1.807, 2.05) is 0 Å². The predicted octanol–water partition coefficient (Wildman–Crippen LogP) is 0.377. The minimum Gasteiger partial charge on any atom is -0.480 e. The molecule has 1 rings (SSSR count). The topological polar surface area (TPSA) is 92.2 Å². The van der Waals surface area contributed by atoms with Gasteiger partial charge in [0.25, 0.3) is 5.91 Å². The maximum atomic E-state index is 11.5. The summed E-state index contributed by atoms with van der Waals surface area (Å²) >= 11 is 0.930. The van der Waals surface area contributed by atoms with Crippen LogP contribution < -0.4 is 5.32 Å². The highest BCUT2D eigenvalue weighted by Crippen LogP contribution is 2.06. The molecule has 82 valence electrons. The highest BCUT2D eigenvalue weighted by molar-refractivity contribution is 7.07. The minimum absolute atomic E-state index is 0.174. The van der Waals surface area contributed by atoms with E-state index >= 15 is 0 Å². The highest BCUT2D eigenvalue weighted by atomic mass is 32.1. The molecule has 0 radical (unpaired) electrons. The molecule has 0 saturated heterocycles. The first-order chi connectivity index (χ1) is 7.02. The van der Waals surface area contributed by atoms with Crippen molar-refractivity contribution >= 4 is 23.4 Å². The predicted molar refractivity (Wildman–Crippen MR) is 53.6 cm³/mol. The number of carbonyl (C=O) groups excluding carboxylic acids is 1. The fourth-order valence-corrected chi connectivity index (χ4v) is 1.41. The van der Waals surface area contributed by atoms with Crippen molar-refractivity contribution < 1.29 is 14.7 Å². The lowest BCUT2D eigenvalue weighted by Gasteiger charge is -2.16. The summed E-state index contributed by atoms with van der Waals surface area (Å²) in [4.78, 5) is 22.6. The Balaban J connectivity index is 2.67. The van der Waals surface area contributed by atoms with Gasteiger partial charge in [-0.2, -0.15) is 0 Å². The van der Waals surface area contributed by atoms with Crippen LogP contribution in [0.3, 0.4) is 0 Å². The van der Waals surface area contributed by atoms with Crippen LogP contribution in [-0.4, -0.2) is 32.6 Å². The number of amides is 1. The van der Waals surface area contributed by atoms with Crippen LogP contribution in [-0.2, 0) is 4.79 Å². The summed E-state index contributed by atoms with van der Waals surface area (Å²) in [6.07, 6.45) is 1.30. The Labute approximate surface area is 90.5 Å². The van der Waals surface area contributed by atoms with Crippen LogP contribution in [0.4, 0.5) is 0 Å². The fraction of sp³-hybridized carbons (Fsp3) is 0.500. The number of nitrogens with one attached hydrogen (secondary N) is 1. The molecule has 6 nitrogen and oxygen atoms in total. The second kappa shape index (κ2) is 4.83. The van der Waals surface area contributed by atoms with Gasteiger partial charge in [-0.1, -0.05) is 18.3 Å². The second-order valence-corrected chi connectivity index (χ2v) is 4.10. The summed E-state index contributed by atoms with van der Waals surface area (Å²) in [7, 11) is 0. The van der Waals surface area contributed by atoms with Crippen molar-refractivity contribution in [3.05, 3.63) is 11.1 Å². The standard InChI is InChI=1S/C8H11N3O3S/c1-4(2)6(8(13)14)10-7(12)5-3-9-11-15-5/h3-4,6H,1-2H3,(H,10,12)(H,13,14)/t6-/m0/s1. The van der Waals surface area contributed by atoms with Gasteiger partial charge in [-0.15, -0.1) is 5.10 Å². The van der Waals surface area contributed by atoms with Crippen LogP contribution >= 0.6 is 11.5 Å². The zero-order valence-electron chi connectivity index (χ0n) is 8.30. The van der Waals surface area contributed by atoms with Crippen molar-refractivity contribution in [3.8, 4) is 0 Å². The van der Waals surface area contributed by atoms with E-state index in [2.05, 4.69) is 14.9 Å². The smallest absolute Gasteiger partial charge is 0.326 e. The third kappa shape index (κ3) is 2.98. The quantitative estimate of drug-likeness (QED) is 0.778. The van der Waals surface area contributed by atoms with E-state index in [1.165, 1.54) is 6.20 Å². The maximum absolute atomic E-state index is 11.5. The molecule has 0 fully saturated rings. The van der Waals surface area contributed by atoms with Gasteiger partial charge in [0.2, 0.25) is 0 Å². The number of nitrogens with zero attached hydrogens (tertiary/aromatic N) is 2. The Morgan fingerprint density at radius 2 is 2.20 bits per heavy atom. The van der Waals surface area contributed by atoms with Gasteiger partial charge >= 0.3 is 5.97 Å². The van der Waals surface area contributed by atoms with E-state index in [0.717, 1.165) is 11.5 Å². The van der Waals surface area contributed by atoms with Crippen LogP contribution in [0, 0.1) is 5.92 Å². The number of carboxylic acids is 1. The summed E-state index contributed by atoms with van der Waals surface area (Å²) in [5, 5.41) is 14.8. The average Bonchev–Trinajstić information content (AvgIpc) is 2.65. The molecule has 2 N–H and O–H groups in total. The van der Waals surface area contributed by atoms with E-state index in [1.54, 1.807) is 13.8 Å². The van der Waals surface area contributed by atoms with Gasteiger partial charge in [0.15, 0.2) is 0 Å². The first-order valence-corrected chi connectivity index (χ1v) is 5.10. The number of aromatic nitrogens is 2. The van der Waals surface area contributed by atoms with Gasteiger partial charge in [-0.25, -0.2) is 4.79 Å². The first kappa shape index (κ1) is 11.6. The van der Waals surface area contributed by atoms with Crippen molar-refractivity contribution in [1.29, 1.82) is 0 Å². The summed E-state index contributed by atoms with van der Waals surface area (Å²) < 4.78 is 3.52. The molecule has 1 aromatic heterocycles. The monoisotopic (exact) mass is 229 g/mol.